The Balaban J connectivity index is 1.94. The molecule has 1 saturated heterocycles. The quantitative estimate of drug-likeness (QED) is 0.806. The lowest BCUT2D eigenvalue weighted by Gasteiger charge is -2.35. The number of aromatic nitrogens is 2. The van der Waals surface area contributed by atoms with Crippen LogP contribution >= 0.6 is 0 Å². The monoisotopic (exact) mass is 327 g/mol. The maximum absolute atomic E-state index is 11.1. The van der Waals surface area contributed by atoms with Crippen molar-refractivity contribution >= 4 is 16.1 Å². The largest absolute Gasteiger partial charge is 0.341 e. The van der Waals surface area contributed by atoms with Crippen molar-refractivity contribution in [3.05, 3.63) is 18.0 Å². The summed E-state index contributed by atoms with van der Waals surface area (Å²) in [6.45, 7) is 5.72. The zero-order chi connectivity index (χ0) is 16.2. The molecule has 22 heavy (non-hydrogen) atoms. The van der Waals surface area contributed by atoms with Crippen molar-refractivity contribution in [2.45, 2.75) is 39.5 Å². The van der Waals surface area contributed by atoms with E-state index < -0.39 is 10.1 Å². The maximum atomic E-state index is 11.1. The molecule has 1 aromatic heterocycles. The minimum Gasteiger partial charge on any atom is -0.341 e. The van der Waals surface area contributed by atoms with Crippen LogP contribution in [0.15, 0.2) is 12.4 Å². The lowest BCUT2D eigenvalue weighted by atomic mass is 9.84. The first-order chi connectivity index (χ1) is 10.4. The molecule has 0 radical (unpaired) electrons. The first-order valence-corrected chi connectivity index (χ1v) is 9.54. The van der Waals surface area contributed by atoms with E-state index in [1.165, 1.54) is 0 Å². The summed E-state index contributed by atoms with van der Waals surface area (Å²) in [6.07, 6.45) is 7.24. The summed E-state index contributed by atoms with van der Waals surface area (Å²) in [6, 6.07) is 0. The predicted molar refractivity (Wildman–Crippen MR) is 86.5 cm³/mol. The minimum atomic E-state index is -3.90. The Bertz CT molecular complexity index is 566. The van der Waals surface area contributed by atoms with Gasteiger partial charge in [0.15, 0.2) is 0 Å². The van der Waals surface area contributed by atoms with Gasteiger partial charge in [-0.15, -0.1) is 0 Å². The number of rotatable bonds is 6. The van der Waals surface area contributed by atoms with E-state index in [2.05, 4.69) is 21.8 Å². The van der Waals surface area contributed by atoms with E-state index in [-0.39, 0.29) is 11.7 Å². The summed E-state index contributed by atoms with van der Waals surface area (Å²) in [5.41, 5.74) is 1.12. The number of hydrogen-bond acceptors (Lipinski definition) is 5. The second-order valence-electron chi connectivity index (χ2n) is 5.99. The second kappa shape index (κ2) is 7.37. The van der Waals surface area contributed by atoms with Crippen LogP contribution < -0.4 is 4.90 Å². The van der Waals surface area contributed by atoms with Crippen molar-refractivity contribution in [1.29, 1.82) is 0 Å². The van der Waals surface area contributed by atoms with Crippen molar-refractivity contribution in [1.82, 2.24) is 9.97 Å². The number of aryl methyl sites for hydroxylation is 1. The zero-order valence-corrected chi connectivity index (χ0v) is 14.1. The van der Waals surface area contributed by atoms with Gasteiger partial charge >= 0.3 is 0 Å². The molecular formula is C15H25N3O3S. The van der Waals surface area contributed by atoms with E-state index in [1.807, 2.05) is 19.3 Å². The van der Waals surface area contributed by atoms with E-state index in [4.69, 9.17) is 4.55 Å². The van der Waals surface area contributed by atoms with Crippen LogP contribution in [0.2, 0.25) is 0 Å². The third kappa shape index (κ3) is 4.64. The van der Waals surface area contributed by atoms with Crippen LogP contribution in [-0.4, -0.2) is 41.8 Å². The first-order valence-electron chi connectivity index (χ1n) is 7.94. The van der Waals surface area contributed by atoms with Crippen molar-refractivity contribution < 1.29 is 13.0 Å². The van der Waals surface area contributed by atoms with Crippen molar-refractivity contribution in [3.63, 3.8) is 0 Å². The fourth-order valence-corrected chi connectivity index (χ4v) is 4.17. The molecule has 1 atom stereocenters. The maximum Gasteiger partial charge on any atom is 0.265 e. The Morgan fingerprint density at radius 1 is 1.27 bits per heavy atom. The average Bonchev–Trinajstić information content (AvgIpc) is 2.52. The van der Waals surface area contributed by atoms with Crippen LogP contribution in [-0.2, 0) is 16.5 Å². The van der Waals surface area contributed by atoms with Gasteiger partial charge in [-0.25, -0.2) is 9.97 Å². The molecule has 0 saturated carbocycles. The second-order valence-corrected chi connectivity index (χ2v) is 7.48. The Kier molecular flexibility index (Phi) is 5.74. The van der Waals surface area contributed by atoms with Crippen molar-refractivity contribution in [2.75, 3.05) is 23.7 Å². The minimum absolute atomic E-state index is 0.0283. The Morgan fingerprint density at radius 2 is 1.86 bits per heavy atom. The van der Waals surface area contributed by atoms with Crippen molar-refractivity contribution in [2.24, 2.45) is 11.8 Å². The highest BCUT2D eigenvalue weighted by molar-refractivity contribution is 7.85. The topological polar surface area (TPSA) is 83.4 Å². The predicted octanol–water partition coefficient (Wildman–Crippen LogP) is 2.17. The lowest BCUT2D eigenvalue weighted by Crippen LogP contribution is -2.38. The molecule has 6 nitrogen and oxygen atoms in total. The zero-order valence-electron chi connectivity index (χ0n) is 13.3. The summed E-state index contributed by atoms with van der Waals surface area (Å²) in [5, 5.41) is 0. The Labute approximate surface area is 132 Å². The van der Waals surface area contributed by atoms with Crippen LogP contribution in [0.5, 0.6) is 0 Å². The van der Waals surface area contributed by atoms with Crippen molar-refractivity contribution in [3.8, 4) is 0 Å². The van der Waals surface area contributed by atoms with E-state index in [1.54, 1.807) is 0 Å². The molecule has 0 amide bonds. The fourth-order valence-electron chi connectivity index (χ4n) is 3.12. The van der Waals surface area contributed by atoms with Gasteiger partial charge in [0.05, 0.1) is 5.75 Å². The van der Waals surface area contributed by atoms with Gasteiger partial charge in [0.1, 0.15) is 0 Å². The van der Waals surface area contributed by atoms with Gasteiger partial charge in [-0.05, 0) is 36.7 Å². The molecule has 7 heteroatoms. The summed E-state index contributed by atoms with van der Waals surface area (Å²) in [4.78, 5) is 11.0. The molecule has 1 aromatic rings. The first kappa shape index (κ1) is 17.1. The molecule has 1 N–H and O–H groups in total. The van der Waals surface area contributed by atoms with Gasteiger partial charge in [0.2, 0.25) is 5.95 Å². The summed E-state index contributed by atoms with van der Waals surface area (Å²) in [7, 11) is -3.90. The average molecular weight is 327 g/mol. The van der Waals surface area contributed by atoms with Crippen LogP contribution in [0.3, 0.4) is 0 Å². The molecule has 124 valence electrons. The van der Waals surface area contributed by atoms with Crippen LogP contribution in [0.4, 0.5) is 5.95 Å². The van der Waals surface area contributed by atoms with Crippen LogP contribution in [0, 0.1) is 11.8 Å². The smallest absolute Gasteiger partial charge is 0.265 e. The number of hydrogen-bond donors (Lipinski definition) is 1. The highest BCUT2D eigenvalue weighted by Gasteiger charge is 2.29. The summed E-state index contributed by atoms with van der Waals surface area (Å²) >= 11 is 0. The lowest BCUT2D eigenvalue weighted by molar-refractivity contribution is 0.282. The molecule has 0 bridgehead atoms. The Hall–Kier alpha value is -1.21. The molecule has 0 aliphatic carbocycles. The highest BCUT2D eigenvalue weighted by Crippen LogP contribution is 2.29. The standard InChI is InChI=1S/C15H25N3O3S/c1-3-12-9-16-15(17-10-12)18-7-5-14(6-8-18)13(4-2)11-22(19,20)21/h9-10,13-14H,3-8,11H2,1-2H3,(H,19,20,21). The van der Waals surface area contributed by atoms with Gasteiger partial charge < -0.3 is 4.90 Å². The third-order valence-electron chi connectivity index (χ3n) is 4.54. The molecule has 2 rings (SSSR count). The van der Waals surface area contributed by atoms with E-state index >= 15 is 0 Å². The van der Waals surface area contributed by atoms with Gasteiger partial charge in [0, 0.05) is 25.5 Å². The van der Waals surface area contributed by atoms with Gasteiger partial charge in [0.25, 0.3) is 10.1 Å². The molecule has 2 heterocycles. The van der Waals surface area contributed by atoms with Gasteiger partial charge in [-0.2, -0.15) is 8.42 Å². The normalized spacial score (nSPS) is 18.4. The third-order valence-corrected chi connectivity index (χ3v) is 5.39. The fraction of sp³-hybridized carbons (Fsp3) is 0.733. The molecule has 1 fully saturated rings. The molecule has 0 spiro atoms. The van der Waals surface area contributed by atoms with E-state index in [0.717, 1.165) is 50.3 Å². The molecule has 1 unspecified atom stereocenters. The molecule has 0 aromatic carbocycles. The number of nitrogens with zero attached hydrogens (tertiary/aromatic N) is 3. The van der Waals surface area contributed by atoms with Crippen LogP contribution in [0.1, 0.15) is 38.7 Å². The van der Waals surface area contributed by atoms with E-state index in [9.17, 15) is 8.42 Å². The van der Waals surface area contributed by atoms with Gasteiger partial charge in [-0.1, -0.05) is 20.3 Å². The molecule has 1 aliphatic heterocycles. The van der Waals surface area contributed by atoms with Crippen LogP contribution in [0.25, 0.3) is 0 Å². The SMILES string of the molecule is CCc1cnc(N2CCC(C(CC)CS(=O)(=O)O)CC2)nc1. The number of piperidine rings is 1. The highest BCUT2D eigenvalue weighted by atomic mass is 32.2. The summed E-state index contributed by atoms with van der Waals surface area (Å²) in [5.74, 6) is 0.979. The molecular weight excluding hydrogens is 302 g/mol. The van der Waals surface area contributed by atoms with Gasteiger partial charge in [-0.3, -0.25) is 4.55 Å². The molecule has 1 aliphatic rings. The Morgan fingerprint density at radius 3 is 2.32 bits per heavy atom. The van der Waals surface area contributed by atoms with E-state index in [0.29, 0.717) is 5.92 Å². The summed E-state index contributed by atoms with van der Waals surface area (Å²) < 4.78 is 31.3. The number of anilines is 1.